The van der Waals surface area contributed by atoms with Crippen molar-refractivity contribution in [3.05, 3.63) is 90.5 Å². The first-order chi connectivity index (χ1) is 19.5. The Morgan fingerprint density at radius 2 is 1.62 bits per heavy atom. The zero-order chi connectivity index (χ0) is 28.0. The number of amides is 1. The summed E-state index contributed by atoms with van der Waals surface area (Å²) in [7, 11) is -3.85. The van der Waals surface area contributed by atoms with Crippen molar-refractivity contribution in [2.45, 2.75) is 35.6 Å². The highest BCUT2D eigenvalue weighted by molar-refractivity contribution is 8.02. The van der Waals surface area contributed by atoms with Gasteiger partial charge in [0.15, 0.2) is 0 Å². The molecule has 0 aliphatic carbocycles. The number of benzene rings is 3. The lowest BCUT2D eigenvalue weighted by molar-refractivity contribution is -0.123. The van der Waals surface area contributed by atoms with E-state index in [1.54, 1.807) is 12.1 Å². The minimum Gasteiger partial charge on any atom is -0.396 e. The maximum atomic E-state index is 13.6. The Morgan fingerprint density at radius 3 is 2.33 bits per heavy atom. The molecule has 2 N–H and O–H groups in total. The normalized spacial score (nSPS) is 21.2. The molecule has 9 heteroatoms. The molecule has 40 heavy (non-hydrogen) atoms. The second-order valence-electron chi connectivity index (χ2n) is 10.5. The van der Waals surface area contributed by atoms with Crippen LogP contribution in [0, 0.1) is 5.92 Å². The molecule has 2 aliphatic rings. The fraction of sp³-hybridized carbons (Fsp3) is 0.387. The van der Waals surface area contributed by atoms with Gasteiger partial charge in [0.25, 0.3) is 0 Å². The number of likely N-dealkylation sites (tertiary alicyclic amines) is 1. The summed E-state index contributed by atoms with van der Waals surface area (Å²) in [5.74, 6) is 0.577. The van der Waals surface area contributed by atoms with E-state index in [1.165, 1.54) is 16.1 Å². The molecule has 5 rings (SSSR count). The van der Waals surface area contributed by atoms with Gasteiger partial charge in [-0.05, 0) is 60.5 Å². The second-order valence-corrected chi connectivity index (χ2v) is 13.6. The molecule has 3 atom stereocenters. The minimum atomic E-state index is -3.85. The van der Waals surface area contributed by atoms with Crippen molar-refractivity contribution in [1.29, 1.82) is 0 Å². The molecular formula is C31H37N3O4S2. The molecule has 3 unspecified atom stereocenters. The molecule has 0 radical (unpaired) electrons. The summed E-state index contributed by atoms with van der Waals surface area (Å²) in [6, 6.07) is 26.3. The number of aliphatic hydroxyl groups is 1. The average molecular weight is 580 g/mol. The molecular weight excluding hydrogens is 542 g/mol. The molecule has 0 saturated carbocycles. The van der Waals surface area contributed by atoms with Crippen LogP contribution in [0.2, 0.25) is 0 Å². The molecule has 2 aliphatic heterocycles. The monoisotopic (exact) mass is 579 g/mol. The highest BCUT2D eigenvalue weighted by atomic mass is 32.2. The number of sulfonamides is 1. The topological polar surface area (TPSA) is 90.0 Å². The van der Waals surface area contributed by atoms with Crippen LogP contribution >= 0.6 is 11.8 Å². The number of hydrogen-bond donors (Lipinski definition) is 2. The lowest BCUT2D eigenvalue weighted by Gasteiger charge is -2.33. The zero-order valence-corrected chi connectivity index (χ0v) is 24.2. The molecule has 0 aromatic heterocycles. The number of hydrogen-bond acceptors (Lipinski definition) is 6. The van der Waals surface area contributed by atoms with Crippen LogP contribution in [-0.2, 0) is 14.8 Å². The van der Waals surface area contributed by atoms with Crippen LogP contribution < -0.4 is 5.32 Å². The number of nitrogens with zero attached hydrogens (tertiary/aromatic N) is 2. The predicted molar refractivity (Wildman–Crippen MR) is 160 cm³/mol. The lowest BCUT2D eigenvalue weighted by atomic mass is 9.97. The first kappa shape index (κ1) is 28.8. The van der Waals surface area contributed by atoms with Gasteiger partial charge in [0.05, 0.1) is 10.9 Å². The van der Waals surface area contributed by atoms with Gasteiger partial charge in [0.1, 0.15) is 5.37 Å². The van der Waals surface area contributed by atoms with Crippen molar-refractivity contribution >= 4 is 27.7 Å². The van der Waals surface area contributed by atoms with E-state index in [2.05, 4.69) is 10.2 Å². The van der Waals surface area contributed by atoms with E-state index in [-0.39, 0.29) is 30.0 Å². The van der Waals surface area contributed by atoms with Crippen LogP contribution in [0.25, 0.3) is 11.1 Å². The molecule has 2 saturated heterocycles. The molecule has 3 aromatic rings. The average Bonchev–Trinajstić information content (AvgIpc) is 3.52. The Kier molecular flexibility index (Phi) is 9.59. The third kappa shape index (κ3) is 6.78. The Labute approximate surface area is 241 Å². The number of thioether (sulfide) groups is 1. The van der Waals surface area contributed by atoms with Crippen molar-refractivity contribution in [3.8, 4) is 11.1 Å². The Balaban J connectivity index is 1.29. The fourth-order valence-corrected chi connectivity index (χ4v) is 8.64. The smallest absolute Gasteiger partial charge is 0.249 e. The molecule has 1 amide bonds. The van der Waals surface area contributed by atoms with E-state index < -0.39 is 15.4 Å². The first-order valence-corrected chi connectivity index (χ1v) is 16.4. The largest absolute Gasteiger partial charge is 0.396 e. The number of carbonyl (C=O) groups excluding carboxylic acids is 1. The first-order valence-electron chi connectivity index (χ1n) is 13.9. The van der Waals surface area contributed by atoms with Crippen molar-refractivity contribution in [1.82, 2.24) is 14.5 Å². The van der Waals surface area contributed by atoms with E-state index in [0.29, 0.717) is 18.1 Å². The fourth-order valence-electron chi connectivity index (χ4n) is 5.56. The van der Waals surface area contributed by atoms with E-state index in [1.807, 2.05) is 72.8 Å². The van der Waals surface area contributed by atoms with Crippen LogP contribution in [-0.4, -0.2) is 72.5 Å². The number of piperidine rings is 1. The third-order valence-electron chi connectivity index (χ3n) is 7.76. The summed E-state index contributed by atoms with van der Waals surface area (Å²) < 4.78 is 28.6. The zero-order valence-electron chi connectivity index (χ0n) is 22.6. The van der Waals surface area contributed by atoms with Gasteiger partial charge < -0.3 is 15.3 Å². The maximum Gasteiger partial charge on any atom is 0.249 e. The van der Waals surface area contributed by atoms with E-state index in [9.17, 15) is 18.3 Å². The molecule has 0 bridgehead atoms. The Bertz CT molecular complexity index is 1350. The van der Waals surface area contributed by atoms with Crippen LogP contribution in [0.1, 0.15) is 30.9 Å². The molecule has 2 heterocycles. The minimum absolute atomic E-state index is 0.190. The number of rotatable bonds is 10. The van der Waals surface area contributed by atoms with Crippen LogP contribution in [0.4, 0.5) is 0 Å². The van der Waals surface area contributed by atoms with Gasteiger partial charge >= 0.3 is 0 Å². The third-order valence-corrected chi connectivity index (χ3v) is 11.0. The summed E-state index contributed by atoms with van der Waals surface area (Å²) in [6.45, 7) is 3.13. The predicted octanol–water partition coefficient (Wildman–Crippen LogP) is 4.37. The van der Waals surface area contributed by atoms with Crippen LogP contribution in [0.5, 0.6) is 0 Å². The Hall–Kier alpha value is -2.69. The van der Waals surface area contributed by atoms with Crippen molar-refractivity contribution in [2.24, 2.45) is 5.92 Å². The Morgan fingerprint density at radius 1 is 0.950 bits per heavy atom. The van der Waals surface area contributed by atoms with E-state index >= 15 is 0 Å². The highest BCUT2D eigenvalue weighted by Gasteiger charge is 2.40. The summed E-state index contributed by atoms with van der Waals surface area (Å²) >= 11 is 1.36. The van der Waals surface area contributed by atoms with E-state index in [4.69, 9.17) is 0 Å². The van der Waals surface area contributed by atoms with Crippen molar-refractivity contribution < 1.29 is 18.3 Å². The highest BCUT2D eigenvalue weighted by Crippen LogP contribution is 2.32. The molecule has 7 nitrogen and oxygen atoms in total. The summed E-state index contributed by atoms with van der Waals surface area (Å²) in [6.07, 6.45) is 2.81. The number of nitrogens with one attached hydrogen (secondary N) is 1. The summed E-state index contributed by atoms with van der Waals surface area (Å²) in [5, 5.41) is 12.0. The maximum absolute atomic E-state index is 13.6. The van der Waals surface area contributed by atoms with Gasteiger partial charge in [0.2, 0.25) is 15.9 Å². The van der Waals surface area contributed by atoms with Gasteiger partial charge in [0, 0.05) is 32.0 Å². The van der Waals surface area contributed by atoms with Gasteiger partial charge in [-0.15, -0.1) is 11.8 Å². The molecule has 2 fully saturated rings. The number of aliphatic hydroxyl groups excluding tert-OH is 1. The summed E-state index contributed by atoms with van der Waals surface area (Å²) in [5.41, 5.74) is 2.96. The van der Waals surface area contributed by atoms with Gasteiger partial charge in [-0.2, -0.15) is 4.31 Å². The molecule has 3 aromatic carbocycles. The van der Waals surface area contributed by atoms with Crippen molar-refractivity contribution in [2.75, 3.05) is 38.5 Å². The lowest BCUT2D eigenvalue weighted by Crippen LogP contribution is -2.46. The number of carbonyl (C=O) groups is 1. The van der Waals surface area contributed by atoms with Gasteiger partial charge in [-0.25, -0.2) is 8.42 Å². The van der Waals surface area contributed by atoms with Gasteiger partial charge in [-0.1, -0.05) is 72.8 Å². The quantitative estimate of drug-likeness (QED) is 0.371. The van der Waals surface area contributed by atoms with Crippen LogP contribution in [0.15, 0.2) is 89.8 Å². The SMILES string of the molecule is O=C(NC(CCN1CCCC(CO)C1)c1ccccc1)C1SCCN1S(=O)(=O)c1ccc(-c2ccccc2)cc1. The van der Waals surface area contributed by atoms with Crippen molar-refractivity contribution in [3.63, 3.8) is 0 Å². The molecule has 0 spiro atoms. The van der Waals surface area contributed by atoms with Gasteiger partial charge in [-0.3, -0.25) is 4.79 Å². The summed E-state index contributed by atoms with van der Waals surface area (Å²) in [4.78, 5) is 16.2. The standard InChI is InChI=1S/C31H37N3O4S2/c35-23-24-8-7-18-33(22-24)19-17-29(27-11-5-2-6-12-27)32-30(36)31-34(20-21-39-31)40(37,38)28-15-13-26(14-16-28)25-9-3-1-4-10-25/h1-6,9-16,24,29,31,35H,7-8,17-23H2,(H,32,36). The second kappa shape index (κ2) is 13.3. The van der Waals surface area contributed by atoms with Crippen LogP contribution in [0.3, 0.4) is 0 Å². The van der Waals surface area contributed by atoms with E-state index in [0.717, 1.165) is 49.2 Å². The molecule has 212 valence electrons.